The van der Waals surface area contributed by atoms with Gasteiger partial charge in [-0.3, -0.25) is 9.59 Å². The molecule has 1 aromatic carbocycles. The van der Waals surface area contributed by atoms with E-state index in [-0.39, 0.29) is 24.2 Å². The Morgan fingerprint density at radius 1 is 1.44 bits per heavy atom. The van der Waals surface area contributed by atoms with Crippen molar-refractivity contribution in [2.75, 3.05) is 18.1 Å². The minimum Gasteiger partial charge on any atom is -0.337 e. The van der Waals surface area contributed by atoms with Crippen molar-refractivity contribution in [3.63, 3.8) is 0 Å². The van der Waals surface area contributed by atoms with Crippen molar-refractivity contribution in [3.8, 4) is 0 Å². The van der Waals surface area contributed by atoms with E-state index in [4.69, 9.17) is 17.0 Å². The lowest BCUT2D eigenvalue weighted by atomic mass is 9.97. The van der Waals surface area contributed by atoms with E-state index in [2.05, 4.69) is 6.92 Å². The van der Waals surface area contributed by atoms with Crippen molar-refractivity contribution >= 4 is 40.8 Å². The van der Waals surface area contributed by atoms with Crippen molar-refractivity contribution < 1.29 is 9.59 Å². The third kappa shape index (κ3) is 3.93. The number of carbonyl (C=O) groups is 2. The highest BCUT2D eigenvalue weighted by Crippen LogP contribution is 2.37. The van der Waals surface area contributed by atoms with Crippen LogP contribution in [0.5, 0.6) is 0 Å². The molecule has 1 N–H and O–H groups in total. The Morgan fingerprint density at radius 3 is 3.00 bits per heavy atom. The molecule has 25 heavy (non-hydrogen) atoms. The monoisotopic (exact) mass is 378 g/mol. The quantitative estimate of drug-likeness (QED) is 0.782. The van der Waals surface area contributed by atoms with Crippen LogP contribution in [0.15, 0.2) is 18.2 Å². The summed E-state index contributed by atoms with van der Waals surface area (Å²) in [6.45, 7) is 2.76. The maximum Gasteiger partial charge on any atom is 0.230 e. The number of carbonyl (C=O) groups excluding carboxylic acids is 2. The van der Waals surface area contributed by atoms with Gasteiger partial charge in [0.1, 0.15) is 0 Å². The molecule has 2 aliphatic rings. The predicted octanol–water partition coefficient (Wildman–Crippen LogP) is 4.16. The Bertz CT molecular complexity index is 707. The maximum atomic E-state index is 13.2. The Labute approximate surface area is 157 Å². The van der Waals surface area contributed by atoms with Crippen LogP contribution in [-0.2, 0) is 4.79 Å². The minimum absolute atomic E-state index is 0.0176. The lowest BCUT2D eigenvalue weighted by Crippen LogP contribution is -2.48. The first kappa shape index (κ1) is 18.5. The molecular weight excluding hydrogens is 356 g/mol. The Morgan fingerprint density at radius 2 is 2.24 bits per heavy atom. The van der Waals surface area contributed by atoms with E-state index in [9.17, 15) is 9.59 Å². The molecule has 1 aromatic rings. The van der Waals surface area contributed by atoms with Crippen LogP contribution in [0, 0.1) is 5.41 Å². The fraction of sp³-hybridized carbons (Fsp3) is 0.526. The van der Waals surface area contributed by atoms with Crippen LogP contribution in [0.1, 0.15) is 54.4 Å². The number of nitrogens with zero attached hydrogens (tertiary/aromatic N) is 1. The molecule has 4 nitrogen and oxygen atoms in total. The molecule has 1 saturated heterocycles. The van der Waals surface area contributed by atoms with E-state index in [1.165, 1.54) is 0 Å². The van der Waals surface area contributed by atoms with E-state index in [0.29, 0.717) is 29.3 Å². The molecule has 0 bridgehead atoms. The fourth-order valence-corrected chi connectivity index (χ4v) is 4.95. The molecule has 1 fully saturated rings. The van der Waals surface area contributed by atoms with Crippen molar-refractivity contribution in [1.29, 1.82) is 5.41 Å². The maximum absolute atomic E-state index is 13.2. The van der Waals surface area contributed by atoms with Gasteiger partial charge in [0.05, 0.1) is 5.92 Å². The van der Waals surface area contributed by atoms with Gasteiger partial charge in [-0.1, -0.05) is 24.9 Å². The van der Waals surface area contributed by atoms with Crippen LogP contribution in [0.2, 0.25) is 5.02 Å². The van der Waals surface area contributed by atoms with Crippen LogP contribution in [0.4, 0.5) is 0 Å². The summed E-state index contributed by atoms with van der Waals surface area (Å²) in [5.74, 6) is 1.38. The van der Waals surface area contributed by atoms with Gasteiger partial charge >= 0.3 is 0 Å². The molecule has 0 aromatic heterocycles. The zero-order chi connectivity index (χ0) is 18.0. The zero-order valence-electron chi connectivity index (χ0n) is 14.4. The van der Waals surface area contributed by atoms with E-state index in [1.807, 2.05) is 16.7 Å². The highest BCUT2D eigenvalue weighted by atomic mass is 35.5. The van der Waals surface area contributed by atoms with Crippen LogP contribution in [0.3, 0.4) is 0 Å². The van der Waals surface area contributed by atoms with Crippen LogP contribution < -0.4 is 0 Å². The second-order valence-corrected chi connectivity index (χ2v) is 8.32. The third-order valence-electron chi connectivity index (χ3n) is 4.92. The van der Waals surface area contributed by atoms with Crippen LogP contribution in [-0.4, -0.2) is 46.4 Å². The molecule has 1 aliphatic heterocycles. The van der Waals surface area contributed by atoms with Crippen molar-refractivity contribution in [2.24, 2.45) is 0 Å². The van der Waals surface area contributed by atoms with Crippen molar-refractivity contribution in [1.82, 2.24) is 4.90 Å². The van der Waals surface area contributed by atoms with E-state index >= 15 is 0 Å². The molecule has 2 atom stereocenters. The van der Waals surface area contributed by atoms with Gasteiger partial charge < -0.3 is 10.3 Å². The number of hydrogen-bond acceptors (Lipinski definition) is 4. The van der Waals surface area contributed by atoms with Gasteiger partial charge in [-0.2, -0.15) is 11.8 Å². The molecule has 0 saturated carbocycles. The number of hydrogen-bond donors (Lipinski definition) is 1. The lowest BCUT2D eigenvalue weighted by molar-refractivity contribution is -0.134. The summed E-state index contributed by atoms with van der Waals surface area (Å²) in [7, 11) is 0. The van der Waals surface area contributed by atoms with Gasteiger partial charge in [-0.15, -0.1) is 0 Å². The molecule has 1 amide bonds. The first-order valence-electron chi connectivity index (χ1n) is 8.78. The summed E-state index contributed by atoms with van der Waals surface area (Å²) in [6, 6.07) is 5.26. The number of thioether (sulfide) groups is 1. The second kappa shape index (κ2) is 7.92. The first-order valence-corrected chi connectivity index (χ1v) is 10.3. The number of rotatable bonds is 5. The number of Topliss-reactive ketones (excluding diaryl/α,β-unsaturated/α-hetero) is 1. The Hall–Kier alpha value is -1.33. The first-order chi connectivity index (χ1) is 12.0. The summed E-state index contributed by atoms with van der Waals surface area (Å²) >= 11 is 7.93. The summed E-state index contributed by atoms with van der Waals surface area (Å²) in [5, 5.41) is 8.68. The van der Waals surface area contributed by atoms with Crippen molar-refractivity contribution in [3.05, 3.63) is 34.3 Å². The SMILES string of the molecule is CCCC(=N)CC1CSCCN1C(=O)C1CC(=O)c2ccc(Cl)cc21. The van der Waals surface area contributed by atoms with Crippen LogP contribution in [0.25, 0.3) is 0 Å². The second-order valence-electron chi connectivity index (χ2n) is 6.73. The summed E-state index contributed by atoms with van der Waals surface area (Å²) in [4.78, 5) is 27.4. The van der Waals surface area contributed by atoms with E-state index in [0.717, 1.165) is 29.9 Å². The minimum atomic E-state index is -0.424. The topological polar surface area (TPSA) is 61.2 Å². The Balaban J connectivity index is 1.81. The molecule has 0 spiro atoms. The molecule has 6 heteroatoms. The molecular formula is C19H23ClN2O2S. The van der Waals surface area contributed by atoms with Gasteiger partial charge in [-0.05, 0) is 30.2 Å². The molecule has 1 aliphatic carbocycles. The predicted molar refractivity (Wildman–Crippen MR) is 103 cm³/mol. The van der Waals surface area contributed by atoms with E-state index in [1.54, 1.807) is 18.2 Å². The normalized spacial score (nSPS) is 22.8. The molecule has 1 heterocycles. The van der Waals surface area contributed by atoms with Gasteiger partial charge in [0.15, 0.2) is 5.78 Å². The van der Waals surface area contributed by atoms with Crippen LogP contribution >= 0.6 is 23.4 Å². The number of amides is 1. The number of benzene rings is 1. The molecule has 3 rings (SSSR count). The standard InChI is InChI=1S/C19H23ClN2O2S/c1-2-3-13(21)9-14-11-25-7-6-22(14)19(24)17-10-18(23)15-5-4-12(20)8-16(15)17/h4-5,8,14,17,21H,2-3,6-7,9-11H2,1H3. The average molecular weight is 379 g/mol. The number of ketones is 1. The highest BCUT2D eigenvalue weighted by Gasteiger charge is 2.39. The fourth-order valence-electron chi connectivity index (χ4n) is 3.70. The molecule has 2 unspecified atom stereocenters. The van der Waals surface area contributed by atoms with Crippen molar-refractivity contribution in [2.45, 2.75) is 44.6 Å². The highest BCUT2D eigenvalue weighted by molar-refractivity contribution is 7.99. The summed E-state index contributed by atoms with van der Waals surface area (Å²) < 4.78 is 0. The average Bonchev–Trinajstić information content (AvgIpc) is 2.91. The largest absolute Gasteiger partial charge is 0.337 e. The Kier molecular flexibility index (Phi) is 5.85. The molecule has 0 radical (unpaired) electrons. The molecule has 134 valence electrons. The number of halogens is 1. The van der Waals surface area contributed by atoms with E-state index < -0.39 is 5.92 Å². The van der Waals surface area contributed by atoms with Gasteiger partial charge in [0, 0.05) is 53.2 Å². The van der Waals surface area contributed by atoms with Gasteiger partial charge in [0.2, 0.25) is 5.91 Å². The summed E-state index contributed by atoms with van der Waals surface area (Å²) in [6.07, 6.45) is 2.60. The lowest BCUT2D eigenvalue weighted by Gasteiger charge is -2.37. The third-order valence-corrected chi connectivity index (χ3v) is 6.25. The number of fused-ring (bicyclic) bond motifs is 1. The summed E-state index contributed by atoms with van der Waals surface area (Å²) in [5.41, 5.74) is 2.10. The smallest absolute Gasteiger partial charge is 0.230 e. The number of nitrogens with one attached hydrogen (secondary N) is 1. The van der Waals surface area contributed by atoms with Gasteiger partial charge in [0.25, 0.3) is 0 Å². The zero-order valence-corrected chi connectivity index (χ0v) is 16.0. The van der Waals surface area contributed by atoms with Gasteiger partial charge in [-0.25, -0.2) is 0 Å².